The Labute approximate surface area is 130 Å². The highest BCUT2D eigenvalue weighted by Gasteiger charge is 2.41. The van der Waals surface area contributed by atoms with E-state index in [1.54, 1.807) is 6.08 Å². The molecule has 0 aliphatic heterocycles. The number of hydrogen-bond acceptors (Lipinski definition) is 2. The largest absolute Gasteiger partial charge is 0.466 e. The number of carbonyl (C=O) groups excluding carboxylic acids is 1. The molecule has 0 heterocycles. The van der Waals surface area contributed by atoms with E-state index in [4.69, 9.17) is 0 Å². The molecule has 0 bridgehead atoms. The molecule has 0 amide bonds. The minimum Gasteiger partial charge on any atom is -0.466 e. The lowest BCUT2D eigenvalue weighted by Gasteiger charge is -2.36. The molecule has 0 aromatic carbocycles. The van der Waals surface area contributed by atoms with Gasteiger partial charge in [-0.05, 0) is 64.2 Å². The number of halogens is 1. The van der Waals surface area contributed by atoms with E-state index >= 15 is 0 Å². The van der Waals surface area contributed by atoms with Gasteiger partial charge >= 0.3 is 5.97 Å². The zero-order valence-corrected chi connectivity index (χ0v) is 14.8. The summed E-state index contributed by atoms with van der Waals surface area (Å²) in [6.45, 7) is 9.00. The van der Waals surface area contributed by atoms with Crippen molar-refractivity contribution in [2.24, 2.45) is 17.3 Å². The molecular formula is C16H25IO2. The molecule has 19 heavy (non-hydrogen) atoms. The van der Waals surface area contributed by atoms with Crippen LogP contribution in [0.2, 0.25) is 0 Å². The topological polar surface area (TPSA) is 26.3 Å². The van der Waals surface area contributed by atoms with Gasteiger partial charge in [0.2, 0.25) is 0 Å². The quantitative estimate of drug-likeness (QED) is 0.388. The standard InChI is InChI=1S/C16H25IO2/c1-11(2)13-6-7-14(17)16(13,4)9-8-12(3)10-15(18)19-5/h7,10-11,13H,6,8-9H2,1-5H3/b12-10+/t13-,16-/m0/s1. The third kappa shape index (κ3) is 4.07. The lowest BCUT2D eigenvalue weighted by Crippen LogP contribution is -2.27. The van der Waals surface area contributed by atoms with E-state index in [0.29, 0.717) is 11.8 Å². The Morgan fingerprint density at radius 1 is 1.63 bits per heavy atom. The van der Waals surface area contributed by atoms with Crippen LogP contribution in [0.15, 0.2) is 21.3 Å². The van der Waals surface area contributed by atoms with Crippen LogP contribution in [-0.4, -0.2) is 13.1 Å². The lowest BCUT2D eigenvalue weighted by atomic mass is 9.71. The maximum Gasteiger partial charge on any atom is 0.330 e. The maximum atomic E-state index is 11.2. The van der Waals surface area contributed by atoms with Gasteiger partial charge in [-0.15, -0.1) is 0 Å². The molecule has 1 rings (SSSR count). The number of methoxy groups -OCH3 is 1. The van der Waals surface area contributed by atoms with Crippen molar-refractivity contribution in [2.45, 2.75) is 47.0 Å². The smallest absolute Gasteiger partial charge is 0.330 e. The molecule has 0 saturated heterocycles. The van der Waals surface area contributed by atoms with Crippen LogP contribution < -0.4 is 0 Å². The Hall–Kier alpha value is -0.320. The average molecular weight is 376 g/mol. The summed E-state index contributed by atoms with van der Waals surface area (Å²) in [4.78, 5) is 11.2. The Kier molecular flexibility index (Phi) is 6.09. The second kappa shape index (κ2) is 6.91. The fourth-order valence-corrected chi connectivity index (χ4v) is 3.93. The molecule has 108 valence electrons. The number of ether oxygens (including phenoxy) is 1. The number of hydrogen-bond donors (Lipinski definition) is 0. The zero-order valence-electron chi connectivity index (χ0n) is 12.6. The Morgan fingerprint density at radius 2 is 2.26 bits per heavy atom. The second-order valence-corrected chi connectivity index (χ2v) is 7.23. The van der Waals surface area contributed by atoms with Crippen LogP contribution in [0.5, 0.6) is 0 Å². The molecular weight excluding hydrogens is 351 g/mol. The van der Waals surface area contributed by atoms with E-state index in [1.807, 2.05) is 6.92 Å². The predicted molar refractivity (Wildman–Crippen MR) is 88.2 cm³/mol. The summed E-state index contributed by atoms with van der Waals surface area (Å²) in [7, 11) is 1.42. The highest BCUT2D eigenvalue weighted by Crippen LogP contribution is 2.53. The van der Waals surface area contributed by atoms with Crippen molar-refractivity contribution < 1.29 is 9.53 Å². The van der Waals surface area contributed by atoms with Gasteiger partial charge in [-0.25, -0.2) is 4.79 Å². The molecule has 0 aromatic rings. The van der Waals surface area contributed by atoms with E-state index in [1.165, 1.54) is 17.1 Å². The Morgan fingerprint density at radius 3 is 2.79 bits per heavy atom. The molecule has 2 nitrogen and oxygen atoms in total. The first-order chi connectivity index (χ1) is 8.81. The minimum atomic E-state index is -0.250. The Balaban J connectivity index is 2.71. The minimum absolute atomic E-state index is 0.250. The molecule has 0 saturated carbocycles. The van der Waals surface area contributed by atoms with Crippen LogP contribution in [0.3, 0.4) is 0 Å². The van der Waals surface area contributed by atoms with Gasteiger partial charge in [-0.2, -0.15) is 0 Å². The van der Waals surface area contributed by atoms with E-state index in [0.717, 1.165) is 18.4 Å². The Bertz CT molecular complexity index is 396. The molecule has 0 aromatic heterocycles. The third-order valence-corrected chi connectivity index (χ3v) is 6.00. The normalized spacial score (nSPS) is 27.6. The summed E-state index contributed by atoms with van der Waals surface area (Å²) < 4.78 is 6.15. The summed E-state index contributed by atoms with van der Waals surface area (Å²) in [5.74, 6) is 1.16. The van der Waals surface area contributed by atoms with E-state index in [9.17, 15) is 4.79 Å². The molecule has 0 N–H and O–H groups in total. The van der Waals surface area contributed by atoms with Gasteiger partial charge in [0.15, 0.2) is 0 Å². The summed E-state index contributed by atoms with van der Waals surface area (Å²) in [6.07, 6.45) is 7.23. The van der Waals surface area contributed by atoms with E-state index in [2.05, 4.69) is 54.2 Å². The molecule has 0 radical (unpaired) electrons. The van der Waals surface area contributed by atoms with Crippen molar-refractivity contribution in [1.29, 1.82) is 0 Å². The van der Waals surface area contributed by atoms with Gasteiger partial charge in [0, 0.05) is 11.5 Å². The van der Waals surface area contributed by atoms with Gasteiger partial charge < -0.3 is 4.74 Å². The van der Waals surface area contributed by atoms with Crippen LogP contribution >= 0.6 is 22.6 Å². The monoisotopic (exact) mass is 376 g/mol. The summed E-state index contributed by atoms with van der Waals surface area (Å²) in [5, 5.41) is 0. The van der Waals surface area contributed by atoms with Gasteiger partial charge in [0.1, 0.15) is 0 Å². The average Bonchev–Trinajstić information content (AvgIpc) is 2.64. The van der Waals surface area contributed by atoms with Crippen molar-refractivity contribution in [3.63, 3.8) is 0 Å². The molecule has 2 atom stereocenters. The number of esters is 1. The predicted octanol–water partition coefficient (Wildman–Crippen LogP) is 4.89. The molecule has 3 heteroatoms. The van der Waals surface area contributed by atoms with Crippen molar-refractivity contribution in [3.05, 3.63) is 21.3 Å². The van der Waals surface area contributed by atoms with Crippen LogP contribution in [0, 0.1) is 17.3 Å². The fourth-order valence-electron chi connectivity index (χ4n) is 3.00. The third-order valence-electron chi connectivity index (χ3n) is 4.32. The van der Waals surface area contributed by atoms with Gasteiger partial charge in [-0.1, -0.05) is 32.4 Å². The van der Waals surface area contributed by atoms with Crippen LogP contribution in [0.4, 0.5) is 0 Å². The molecule has 0 fully saturated rings. The van der Waals surface area contributed by atoms with E-state index < -0.39 is 0 Å². The maximum absolute atomic E-state index is 11.2. The molecule has 0 unspecified atom stereocenters. The van der Waals surface area contributed by atoms with Crippen LogP contribution in [0.25, 0.3) is 0 Å². The first kappa shape index (κ1) is 16.7. The summed E-state index contributed by atoms with van der Waals surface area (Å²) >= 11 is 2.49. The van der Waals surface area contributed by atoms with Crippen molar-refractivity contribution in [1.82, 2.24) is 0 Å². The van der Waals surface area contributed by atoms with Gasteiger partial charge in [0.25, 0.3) is 0 Å². The van der Waals surface area contributed by atoms with Crippen LogP contribution in [-0.2, 0) is 9.53 Å². The second-order valence-electron chi connectivity index (χ2n) is 6.07. The number of rotatable bonds is 5. The number of carbonyl (C=O) groups is 1. The van der Waals surface area contributed by atoms with Crippen LogP contribution in [0.1, 0.15) is 47.0 Å². The highest BCUT2D eigenvalue weighted by atomic mass is 127. The SMILES string of the molecule is COC(=O)/C=C(\C)CC[C@]1(C)C(I)=CC[C@H]1C(C)C. The molecule has 0 spiro atoms. The molecule has 1 aliphatic carbocycles. The first-order valence-corrected chi connectivity index (χ1v) is 8.00. The van der Waals surface area contributed by atoms with Gasteiger partial charge in [-0.3, -0.25) is 0 Å². The summed E-state index contributed by atoms with van der Waals surface area (Å²) in [5.41, 5.74) is 1.37. The van der Waals surface area contributed by atoms with Crippen molar-refractivity contribution in [2.75, 3.05) is 7.11 Å². The first-order valence-electron chi connectivity index (χ1n) is 6.92. The highest BCUT2D eigenvalue weighted by molar-refractivity contribution is 14.1. The lowest BCUT2D eigenvalue weighted by molar-refractivity contribution is -0.134. The molecule has 1 aliphatic rings. The van der Waals surface area contributed by atoms with Crippen molar-refractivity contribution in [3.8, 4) is 0 Å². The van der Waals surface area contributed by atoms with Crippen molar-refractivity contribution >= 4 is 28.6 Å². The summed E-state index contributed by atoms with van der Waals surface area (Å²) in [6, 6.07) is 0. The number of allylic oxidation sites excluding steroid dienone is 3. The van der Waals surface area contributed by atoms with Gasteiger partial charge in [0.05, 0.1) is 7.11 Å². The van der Waals surface area contributed by atoms with E-state index in [-0.39, 0.29) is 11.4 Å². The zero-order chi connectivity index (χ0) is 14.6. The fraction of sp³-hybridized carbons (Fsp3) is 0.688.